The van der Waals surface area contributed by atoms with Crippen molar-refractivity contribution in [1.29, 1.82) is 0 Å². The fourth-order valence-corrected chi connectivity index (χ4v) is 4.94. The molecule has 1 saturated heterocycles. The van der Waals surface area contributed by atoms with E-state index < -0.39 is 15.9 Å². The lowest BCUT2D eigenvalue weighted by molar-refractivity contribution is 0.165. The summed E-state index contributed by atoms with van der Waals surface area (Å²) >= 11 is 5.93. The van der Waals surface area contributed by atoms with Gasteiger partial charge in [0.25, 0.3) is 0 Å². The zero-order chi connectivity index (χ0) is 16.3. The average molecular weight is 346 g/mol. The molecule has 6 heteroatoms. The molecule has 124 valence electrons. The minimum atomic E-state index is -3.10. The standard InChI is InChI=1S/C16H24ClNO3S/c1-11(2)14(12-3-5-13(17)6-4-12)7-8-18-15-9-22(20,21)10-16(15)19/h3-6,11,14-16,18-19H,7-10H2,1-2H3/t14-,15-,16+/m1/s1. The molecule has 0 radical (unpaired) electrons. The van der Waals surface area contributed by atoms with Crippen LogP contribution in [-0.2, 0) is 9.84 Å². The average Bonchev–Trinajstić information content (AvgIpc) is 2.68. The van der Waals surface area contributed by atoms with Gasteiger partial charge < -0.3 is 10.4 Å². The van der Waals surface area contributed by atoms with Gasteiger partial charge in [0.15, 0.2) is 9.84 Å². The molecule has 0 bridgehead atoms. The number of sulfone groups is 1. The van der Waals surface area contributed by atoms with Gasteiger partial charge in [-0.1, -0.05) is 37.6 Å². The first kappa shape index (κ1) is 17.7. The first-order valence-corrected chi connectivity index (χ1v) is 9.86. The molecule has 0 spiro atoms. The first-order chi connectivity index (χ1) is 10.3. The number of hydrogen-bond donors (Lipinski definition) is 2. The largest absolute Gasteiger partial charge is 0.390 e. The van der Waals surface area contributed by atoms with Crippen molar-refractivity contribution in [2.24, 2.45) is 5.92 Å². The lowest BCUT2D eigenvalue weighted by Gasteiger charge is -2.23. The van der Waals surface area contributed by atoms with Crippen LogP contribution >= 0.6 is 11.6 Å². The van der Waals surface area contributed by atoms with Crippen molar-refractivity contribution in [3.63, 3.8) is 0 Å². The molecule has 0 amide bonds. The lowest BCUT2D eigenvalue weighted by atomic mass is 9.86. The molecule has 3 atom stereocenters. The van der Waals surface area contributed by atoms with Gasteiger partial charge >= 0.3 is 0 Å². The van der Waals surface area contributed by atoms with Crippen molar-refractivity contribution in [1.82, 2.24) is 5.32 Å². The second-order valence-electron chi connectivity index (χ2n) is 6.40. The third-order valence-electron chi connectivity index (χ3n) is 4.29. The fourth-order valence-electron chi connectivity index (χ4n) is 3.04. The highest BCUT2D eigenvalue weighted by atomic mass is 35.5. The monoisotopic (exact) mass is 345 g/mol. The fraction of sp³-hybridized carbons (Fsp3) is 0.625. The van der Waals surface area contributed by atoms with Crippen molar-refractivity contribution in [3.05, 3.63) is 34.9 Å². The summed E-state index contributed by atoms with van der Waals surface area (Å²) in [5.74, 6) is 0.747. The van der Waals surface area contributed by atoms with E-state index in [0.29, 0.717) is 18.4 Å². The molecule has 0 aromatic heterocycles. The van der Waals surface area contributed by atoms with E-state index in [0.717, 1.165) is 11.4 Å². The molecule has 0 aliphatic carbocycles. The van der Waals surface area contributed by atoms with Gasteiger partial charge in [-0.15, -0.1) is 0 Å². The Balaban J connectivity index is 1.92. The molecular weight excluding hydrogens is 322 g/mol. The van der Waals surface area contributed by atoms with Gasteiger partial charge in [0.1, 0.15) is 0 Å². The summed E-state index contributed by atoms with van der Waals surface area (Å²) in [5, 5.41) is 13.7. The normalized spacial score (nSPS) is 25.5. The number of benzene rings is 1. The quantitative estimate of drug-likeness (QED) is 0.829. The zero-order valence-corrected chi connectivity index (χ0v) is 14.6. The van der Waals surface area contributed by atoms with Crippen LogP contribution < -0.4 is 5.32 Å². The van der Waals surface area contributed by atoms with E-state index in [9.17, 15) is 13.5 Å². The Kier molecular flexibility index (Phi) is 5.88. The Bertz CT molecular complexity index is 586. The number of aliphatic hydroxyl groups is 1. The maximum Gasteiger partial charge on any atom is 0.154 e. The van der Waals surface area contributed by atoms with Crippen molar-refractivity contribution in [3.8, 4) is 0 Å². The highest BCUT2D eigenvalue weighted by molar-refractivity contribution is 7.91. The Hall–Kier alpha value is -0.620. The van der Waals surface area contributed by atoms with Crippen LogP contribution in [0, 0.1) is 5.92 Å². The number of halogens is 1. The SMILES string of the molecule is CC(C)[C@@H](CCN[C@@H]1CS(=O)(=O)C[C@@H]1O)c1ccc(Cl)cc1. The Labute approximate surface area is 137 Å². The van der Waals surface area contributed by atoms with Crippen molar-refractivity contribution >= 4 is 21.4 Å². The summed E-state index contributed by atoms with van der Waals surface area (Å²) < 4.78 is 23.0. The van der Waals surface area contributed by atoms with E-state index >= 15 is 0 Å². The van der Waals surface area contributed by atoms with E-state index in [1.807, 2.05) is 24.3 Å². The number of aliphatic hydroxyl groups excluding tert-OH is 1. The van der Waals surface area contributed by atoms with Gasteiger partial charge in [0.2, 0.25) is 0 Å². The maximum atomic E-state index is 11.5. The molecule has 2 N–H and O–H groups in total. The molecule has 1 aliphatic heterocycles. The Morgan fingerprint density at radius 1 is 1.27 bits per heavy atom. The molecule has 1 fully saturated rings. The second kappa shape index (κ2) is 7.30. The van der Waals surface area contributed by atoms with Crippen molar-refractivity contribution in [2.45, 2.75) is 38.3 Å². The summed E-state index contributed by atoms with van der Waals surface area (Å²) in [6.07, 6.45) is 0.0979. The van der Waals surface area contributed by atoms with Crippen molar-refractivity contribution in [2.75, 3.05) is 18.1 Å². The first-order valence-electron chi connectivity index (χ1n) is 7.66. The molecule has 2 rings (SSSR count). The van der Waals surface area contributed by atoms with Crippen LogP contribution in [0.4, 0.5) is 0 Å². The molecule has 4 nitrogen and oxygen atoms in total. The second-order valence-corrected chi connectivity index (χ2v) is 8.99. The van der Waals surface area contributed by atoms with E-state index in [-0.39, 0.29) is 17.5 Å². The number of rotatable bonds is 6. The van der Waals surface area contributed by atoms with Crippen LogP contribution in [0.15, 0.2) is 24.3 Å². The van der Waals surface area contributed by atoms with Gasteiger partial charge in [-0.05, 0) is 42.5 Å². The summed E-state index contributed by atoms with van der Waals surface area (Å²) in [7, 11) is -3.10. The van der Waals surface area contributed by atoms with Gasteiger partial charge in [0, 0.05) is 11.1 Å². The van der Waals surface area contributed by atoms with Crippen LogP contribution in [0.3, 0.4) is 0 Å². The molecular formula is C16H24ClNO3S. The van der Waals surface area contributed by atoms with Crippen LogP contribution in [0.25, 0.3) is 0 Å². The number of hydrogen-bond acceptors (Lipinski definition) is 4. The van der Waals surface area contributed by atoms with E-state index in [2.05, 4.69) is 19.2 Å². The predicted octanol–water partition coefficient (Wildman–Crippen LogP) is 2.22. The van der Waals surface area contributed by atoms with Crippen molar-refractivity contribution < 1.29 is 13.5 Å². The highest BCUT2D eigenvalue weighted by Crippen LogP contribution is 2.28. The summed E-state index contributed by atoms with van der Waals surface area (Å²) in [6, 6.07) is 7.53. The Morgan fingerprint density at radius 2 is 1.91 bits per heavy atom. The molecule has 0 unspecified atom stereocenters. The van der Waals surface area contributed by atoms with Gasteiger partial charge in [-0.2, -0.15) is 0 Å². The third-order valence-corrected chi connectivity index (χ3v) is 6.26. The molecule has 1 aromatic rings. The zero-order valence-electron chi connectivity index (χ0n) is 13.0. The highest BCUT2D eigenvalue weighted by Gasteiger charge is 2.35. The topological polar surface area (TPSA) is 66.4 Å². The van der Waals surface area contributed by atoms with E-state index in [4.69, 9.17) is 11.6 Å². The van der Waals surface area contributed by atoms with Crippen LogP contribution in [0.2, 0.25) is 5.02 Å². The summed E-state index contributed by atoms with van der Waals surface area (Å²) in [5.41, 5.74) is 1.24. The smallest absolute Gasteiger partial charge is 0.154 e. The molecule has 1 aromatic carbocycles. The van der Waals surface area contributed by atoms with Crippen LogP contribution in [0.5, 0.6) is 0 Å². The third kappa shape index (κ3) is 4.69. The van der Waals surface area contributed by atoms with Gasteiger partial charge in [-0.3, -0.25) is 0 Å². The summed E-state index contributed by atoms with van der Waals surface area (Å²) in [4.78, 5) is 0. The molecule has 22 heavy (non-hydrogen) atoms. The molecule has 0 saturated carbocycles. The minimum absolute atomic E-state index is 0.0292. The predicted molar refractivity (Wildman–Crippen MR) is 90.1 cm³/mol. The van der Waals surface area contributed by atoms with Gasteiger partial charge in [0.05, 0.1) is 17.6 Å². The lowest BCUT2D eigenvalue weighted by Crippen LogP contribution is -2.39. The Morgan fingerprint density at radius 3 is 2.41 bits per heavy atom. The van der Waals surface area contributed by atoms with Crippen LogP contribution in [-0.4, -0.2) is 43.7 Å². The summed E-state index contributed by atoms with van der Waals surface area (Å²) in [6.45, 7) is 5.03. The van der Waals surface area contributed by atoms with Gasteiger partial charge in [-0.25, -0.2) is 8.42 Å². The maximum absolute atomic E-state index is 11.5. The number of nitrogens with one attached hydrogen (secondary N) is 1. The van der Waals surface area contributed by atoms with Crippen LogP contribution in [0.1, 0.15) is 31.7 Å². The minimum Gasteiger partial charge on any atom is -0.390 e. The molecule has 1 aliphatic rings. The van der Waals surface area contributed by atoms with E-state index in [1.165, 1.54) is 5.56 Å². The molecule has 1 heterocycles. The van der Waals surface area contributed by atoms with E-state index in [1.54, 1.807) is 0 Å².